The molecule has 0 saturated heterocycles. The van der Waals surface area contributed by atoms with Gasteiger partial charge in [0.25, 0.3) is 5.56 Å². The number of nitrogens with zero attached hydrogens (tertiary/aromatic N) is 1. The standard InChI is InChI=1S/C11H6F2N2O3/c12-6-2-1-5(3-7(6)13)10-14-8(11(17)18)4-9(16)15-10/h1-4H,(H,17,18)(H,14,15,16). The molecule has 0 aliphatic rings. The molecule has 0 fully saturated rings. The summed E-state index contributed by atoms with van der Waals surface area (Å²) in [7, 11) is 0. The van der Waals surface area contributed by atoms with Crippen LogP contribution in [0.15, 0.2) is 29.1 Å². The summed E-state index contributed by atoms with van der Waals surface area (Å²) in [4.78, 5) is 27.8. The van der Waals surface area contributed by atoms with Crippen molar-refractivity contribution < 1.29 is 18.7 Å². The lowest BCUT2D eigenvalue weighted by Crippen LogP contribution is -2.13. The number of halogens is 2. The fourth-order valence-electron chi connectivity index (χ4n) is 1.35. The number of rotatable bonds is 2. The molecule has 0 spiro atoms. The second-order valence-electron chi connectivity index (χ2n) is 3.41. The molecule has 0 unspecified atom stereocenters. The second kappa shape index (κ2) is 4.36. The molecular weight excluding hydrogens is 246 g/mol. The van der Waals surface area contributed by atoms with E-state index in [1.807, 2.05) is 0 Å². The molecule has 7 heteroatoms. The molecule has 0 atom stereocenters. The van der Waals surface area contributed by atoms with Crippen molar-refractivity contribution in [2.75, 3.05) is 0 Å². The van der Waals surface area contributed by atoms with Gasteiger partial charge in [-0.2, -0.15) is 0 Å². The molecule has 92 valence electrons. The van der Waals surface area contributed by atoms with E-state index >= 15 is 0 Å². The van der Waals surface area contributed by atoms with E-state index in [9.17, 15) is 18.4 Å². The number of aromatic carboxylic acids is 1. The third-order valence-electron chi connectivity index (χ3n) is 2.15. The van der Waals surface area contributed by atoms with Gasteiger partial charge in [-0.1, -0.05) is 0 Å². The summed E-state index contributed by atoms with van der Waals surface area (Å²) in [5.74, 6) is -3.69. The minimum atomic E-state index is -1.38. The molecule has 5 nitrogen and oxygen atoms in total. The summed E-state index contributed by atoms with van der Waals surface area (Å²) in [5.41, 5.74) is -1.09. The quantitative estimate of drug-likeness (QED) is 0.846. The molecule has 18 heavy (non-hydrogen) atoms. The molecule has 2 rings (SSSR count). The Balaban J connectivity index is 2.60. The Bertz CT molecular complexity index is 682. The van der Waals surface area contributed by atoms with Gasteiger partial charge in [0.1, 0.15) is 5.82 Å². The molecule has 1 aromatic heterocycles. The van der Waals surface area contributed by atoms with E-state index in [2.05, 4.69) is 9.97 Å². The van der Waals surface area contributed by atoms with Crippen LogP contribution in [-0.2, 0) is 0 Å². The minimum absolute atomic E-state index is 0.0779. The van der Waals surface area contributed by atoms with E-state index in [1.54, 1.807) is 0 Å². The van der Waals surface area contributed by atoms with Crippen LogP contribution in [0.4, 0.5) is 8.78 Å². The largest absolute Gasteiger partial charge is 0.477 e. The third kappa shape index (κ3) is 2.24. The Hall–Kier alpha value is -2.57. The SMILES string of the molecule is O=C(O)c1cc(=O)[nH]c(-c2ccc(F)c(F)c2)n1. The zero-order chi connectivity index (χ0) is 13.3. The van der Waals surface area contributed by atoms with Gasteiger partial charge in [0.2, 0.25) is 0 Å². The van der Waals surface area contributed by atoms with Crippen LogP contribution in [0.2, 0.25) is 0 Å². The number of carboxylic acid groups (broad SMARTS) is 1. The van der Waals surface area contributed by atoms with E-state index in [0.29, 0.717) is 0 Å². The highest BCUT2D eigenvalue weighted by molar-refractivity contribution is 5.85. The highest BCUT2D eigenvalue weighted by atomic mass is 19.2. The summed E-state index contributed by atoms with van der Waals surface area (Å²) < 4.78 is 25.8. The van der Waals surface area contributed by atoms with Crippen LogP contribution in [-0.4, -0.2) is 21.0 Å². The highest BCUT2D eigenvalue weighted by Gasteiger charge is 2.11. The van der Waals surface area contributed by atoms with Crippen LogP contribution in [0.1, 0.15) is 10.5 Å². The van der Waals surface area contributed by atoms with Crippen LogP contribution in [0.5, 0.6) is 0 Å². The predicted molar refractivity (Wildman–Crippen MR) is 57.2 cm³/mol. The van der Waals surface area contributed by atoms with E-state index < -0.39 is 28.9 Å². The summed E-state index contributed by atoms with van der Waals surface area (Å²) in [5, 5.41) is 8.73. The van der Waals surface area contributed by atoms with E-state index in [1.165, 1.54) is 6.07 Å². The van der Waals surface area contributed by atoms with Crippen LogP contribution >= 0.6 is 0 Å². The van der Waals surface area contributed by atoms with Gasteiger partial charge >= 0.3 is 5.97 Å². The highest BCUT2D eigenvalue weighted by Crippen LogP contribution is 2.17. The Morgan fingerprint density at radius 2 is 1.94 bits per heavy atom. The lowest BCUT2D eigenvalue weighted by atomic mass is 10.2. The summed E-state index contributed by atoms with van der Waals surface area (Å²) in [6.45, 7) is 0. The molecular formula is C11H6F2N2O3. The zero-order valence-corrected chi connectivity index (χ0v) is 8.78. The van der Waals surface area contributed by atoms with Crippen molar-refractivity contribution in [1.82, 2.24) is 9.97 Å². The molecule has 1 aromatic carbocycles. The monoisotopic (exact) mass is 252 g/mol. The van der Waals surface area contributed by atoms with Crippen molar-refractivity contribution in [3.8, 4) is 11.4 Å². The third-order valence-corrected chi connectivity index (χ3v) is 2.15. The van der Waals surface area contributed by atoms with Crippen LogP contribution in [0.3, 0.4) is 0 Å². The number of nitrogens with one attached hydrogen (secondary N) is 1. The van der Waals surface area contributed by atoms with Crippen LogP contribution < -0.4 is 5.56 Å². The number of hydrogen-bond donors (Lipinski definition) is 2. The van der Waals surface area contributed by atoms with Crippen molar-refractivity contribution in [3.05, 3.63) is 51.9 Å². The number of carbonyl (C=O) groups is 1. The molecule has 2 N–H and O–H groups in total. The molecule has 2 aromatic rings. The van der Waals surface area contributed by atoms with Gasteiger partial charge in [-0.25, -0.2) is 18.6 Å². The number of aromatic amines is 1. The number of carboxylic acids is 1. The van der Waals surface area contributed by atoms with Gasteiger partial charge in [-0.3, -0.25) is 4.79 Å². The minimum Gasteiger partial charge on any atom is -0.477 e. The van der Waals surface area contributed by atoms with Crippen LogP contribution in [0.25, 0.3) is 11.4 Å². The lowest BCUT2D eigenvalue weighted by Gasteiger charge is -2.02. The van der Waals surface area contributed by atoms with Crippen LogP contribution in [0, 0.1) is 11.6 Å². The Kier molecular flexibility index (Phi) is 2.88. The van der Waals surface area contributed by atoms with Crippen molar-refractivity contribution in [2.45, 2.75) is 0 Å². The molecule has 1 heterocycles. The Morgan fingerprint density at radius 1 is 1.22 bits per heavy atom. The summed E-state index contributed by atoms with van der Waals surface area (Å²) in [6, 6.07) is 3.66. The van der Waals surface area contributed by atoms with Crippen molar-refractivity contribution >= 4 is 5.97 Å². The predicted octanol–water partition coefficient (Wildman–Crippen LogP) is 1.41. The first-order chi connectivity index (χ1) is 8.47. The smallest absolute Gasteiger partial charge is 0.354 e. The van der Waals surface area contributed by atoms with Gasteiger partial charge in [0.05, 0.1) is 0 Å². The molecule has 0 amide bonds. The zero-order valence-electron chi connectivity index (χ0n) is 8.78. The topological polar surface area (TPSA) is 83.0 Å². The van der Waals surface area contributed by atoms with Crippen molar-refractivity contribution in [2.24, 2.45) is 0 Å². The summed E-state index contributed by atoms with van der Waals surface area (Å²) in [6.07, 6.45) is 0. The average Bonchev–Trinajstić information content (AvgIpc) is 2.31. The van der Waals surface area contributed by atoms with Gasteiger partial charge in [-0.05, 0) is 18.2 Å². The molecule has 0 bridgehead atoms. The number of benzene rings is 1. The Labute approximate surface area is 98.7 Å². The van der Waals surface area contributed by atoms with E-state index in [-0.39, 0.29) is 11.4 Å². The first-order valence-electron chi connectivity index (χ1n) is 4.77. The number of hydrogen-bond acceptors (Lipinski definition) is 3. The van der Waals surface area contributed by atoms with E-state index in [0.717, 1.165) is 18.2 Å². The van der Waals surface area contributed by atoms with Crippen molar-refractivity contribution in [1.29, 1.82) is 0 Å². The molecule has 0 aliphatic carbocycles. The summed E-state index contributed by atoms with van der Waals surface area (Å²) >= 11 is 0. The normalized spacial score (nSPS) is 10.3. The van der Waals surface area contributed by atoms with Gasteiger partial charge < -0.3 is 10.1 Å². The fourth-order valence-corrected chi connectivity index (χ4v) is 1.35. The lowest BCUT2D eigenvalue weighted by molar-refractivity contribution is 0.0690. The maximum atomic E-state index is 13.0. The fraction of sp³-hybridized carbons (Fsp3) is 0. The first kappa shape index (κ1) is 11.9. The Morgan fingerprint density at radius 3 is 2.56 bits per heavy atom. The van der Waals surface area contributed by atoms with Gasteiger partial charge in [0.15, 0.2) is 17.3 Å². The maximum Gasteiger partial charge on any atom is 0.354 e. The first-order valence-corrected chi connectivity index (χ1v) is 4.77. The van der Waals surface area contributed by atoms with Gasteiger partial charge in [-0.15, -0.1) is 0 Å². The maximum absolute atomic E-state index is 13.0. The molecule has 0 aliphatic heterocycles. The second-order valence-corrected chi connectivity index (χ2v) is 3.41. The molecule has 0 radical (unpaired) electrons. The number of aromatic nitrogens is 2. The van der Waals surface area contributed by atoms with Gasteiger partial charge in [0, 0.05) is 11.6 Å². The van der Waals surface area contributed by atoms with Crippen molar-refractivity contribution in [3.63, 3.8) is 0 Å². The van der Waals surface area contributed by atoms with E-state index in [4.69, 9.17) is 5.11 Å². The average molecular weight is 252 g/mol. The molecule has 0 saturated carbocycles. The number of H-pyrrole nitrogens is 1.